The van der Waals surface area contributed by atoms with Crippen molar-refractivity contribution in [2.24, 2.45) is 5.73 Å². The molecule has 0 fully saturated rings. The molecule has 9 heteroatoms. The number of hydrogen-bond donors (Lipinski definition) is 2. The van der Waals surface area contributed by atoms with Crippen LogP contribution in [0.25, 0.3) is 0 Å². The molecule has 1 amide bonds. The Bertz CT molecular complexity index is 1020. The highest BCUT2D eigenvalue weighted by atomic mass is 19.4. The summed E-state index contributed by atoms with van der Waals surface area (Å²) in [5.41, 5.74) is 4.19. The molecule has 0 saturated carbocycles. The predicted octanol–water partition coefficient (Wildman–Crippen LogP) is 6.56. The largest absolute Gasteiger partial charge is 0.506 e. The van der Waals surface area contributed by atoms with E-state index in [4.69, 9.17) is 15.2 Å². The third-order valence-electron chi connectivity index (χ3n) is 5.54. The molecule has 35 heavy (non-hydrogen) atoms. The molecule has 3 N–H and O–H groups in total. The Morgan fingerprint density at radius 3 is 2.20 bits per heavy atom. The quantitative estimate of drug-likeness (QED) is 0.257. The van der Waals surface area contributed by atoms with Gasteiger partial charge in [0.25, 0.3) is 0 Å². The van der Waals surface area contributed by atoms with Crippen molar-refractivity contribution in [2.75, 3.05) is 0 Å². The second kappa shape index (κ2) is 12.0. The van der Waals surface area contributed by atoms with Gasteiger partial charge >= 0.3 is 12.3 Å². The molecule has 6 nitrogen and oxygen atoms in total. The summed E-state index contributed by atoms with van der Waals surface area (Å²) in [6, 6.07) is 9.29. The molecule has 2 aromatic carbocycles. The number of aromatic hydroxyl groups is 1. The van der Waals surface area contributed by atoms with E-state index < -0.39 is 40.7 Å². The number of nitrogens with two attached hydrogens (primary N) is 1. The summed E-state index contributed by atoms with van der Waals surface area (Å²) in [6.07, 6.45) is -2.37. The number of phenols is 1. The Balaban J connectivity index is 2.10. The number of carbonyl (C=O) groups excluding carboxylic acids is 2. The molecule has 2 aromatic rings. The number of hydrogen-bond acceptors (Lipinski definition) is 5. The number of benzene rings is 2. The SMILES string of the molecule is CCCCCC(=O)c1ccc(OCc2ccc(CCC(C)(C)OC(N)=O)cc2)c(C(F)(F)F)c1O. The number of rotatable bonds is 12. The van der Waals surface area contributed by atoms with Crippen LogP contribution >= 0.6 is 0 Å². The first-order valence-corrected chi connectivity index (χ1v) is 11.5. The number of amides is 1. The highest BCUT2D eigenvalue weighted by Crippen LogP contribution is 2.44. The van der Waals surface area contributed by atoms with E-state index in [9.17, 15) is 27.9 Å². The number of phenolic OH excluding ortho intramolecular Hbond substituents is 1. The van der Waals surface area contributed by atoms with E-state index in [1.807, 2.05) is 6.92 Å². The fourth-order valence-corrected chi connectivity index (χ4v) is 3.59. The molecule has 0 atom stereocenters. The summed E-state index contributed by atoms with van der Waals surface area (Å²) in [7, 11) is 0. The van der Waals surface area contributed by atoms with Crippen LogP contribution in [0.3, 0.4) is 0 Å². The van der Waals surface area contributed by atoms with Gasteiger partial charge in [-0.1, -0.05) is 44.0 Å². The second-order valence-corrected chi connectivity index (χ2v) is 9.00. The Labute approximate surface area is 203 Å². The minimum absolute atomic E-state index is 0.0666. The fraction of sp³-hybridized carbons (Fsp3) is 0.462. The number of carbonyl (C=O) groups is 2. The van der Waals surface area contributed by atoms with Crippen LogP contribution in [-0.2, 0) is 23.9 Å². The number of Topliss-reactive ketones (excluding diaryl/α,β-unsaturated/α-hetero) is 1. The minimum Gasteiger partial charge on any atom is -0.506 e. The van der Waals surface area contributed by atoms with Crippen molar-refractivity contribution >= 4 is 11.9 Å². The summed E-state index contributed by atoms with van der Waals surface area (Å²) in [6.45, 7) is 5.28. The van der Waals surface area contributed by atoms with E-state index >= 15 is 0 Å². The van der Waals surface area contributed by atoms with Crippen LogP contribution in [0.1, 0.15) is 79.9 Å². The highest BCUT2D eigenvalue weighted by molar-refractivity contribution is 5.99. The fourth-order valence-electron chi connectivity index (χ4n) is 3.59. The molecule has 0 aliphatic heterocycles. The summed E-state index contributed by atoms with van der Waals surface area (Å²) in [5, 5.41) is 10.3. The molecule has 0 aliphatic carbocycles. The summed E-state index contributed by atoms with van der Waals surface area (Å²) in [5.74, 6) is -2.19. The highest BCUT2D eigenvalue weighted by Gasteiger charge is 2.39. The number of alkyl halides is 3. The van der Waals surface area contributed by atoms with Crippen LogP contribution in [0.4, 0.5) is 18.0 Å². The van der Waals surface area contributed by atoms with Gasteiger partial charge in [-0.3, -0.25) is 4.79 Å². The molecule has 0 aliphatic rings. The van der Waals surface area contributed by atoms with Gasteiger partial charge in [-0.15, -0.1) is 0 Å². The van der Waals surface area contributed by atoms with Gasteiger partial charge in [-0.25, -0.2) is 4.79 Å². The van der Waals surface area contributed by atoms with Gasteiger partial charge in [0.05, 0.1) is 5.56 Å². The molecule has 0 bridgehead atoms. The van der Waals surface area contributed by atoms with Crippen LogP contribution in [0.15, 0.2) is 36.4 Å². The zero-order valence-electron chi connectivity index (χ0n) is 20.2. The topological polar surface area (TPSA) is 98.9 Å². The van der Waals surface area contributed by atoms with Crippen LogP contribution in [0, 0.1) is 0 Å². The minimum atomic E-state index is -4.90. The van der Waals surface area contributed by atoms with Gasteiger partial charge in [0.15, 0.2) is 5.78 Å². The first-order chi connectivity index (χ1) is 16.3. The Morgan fingerprint density at radius 2 is 1.63 bits per heavy atom. The molecule has 0 spiro atoms. The van der Waals surface area contributed by atoms with E-state index in [1.165, 1.54) is 6.07 Å². The van der Waals surface area contributed by atoms with Crippen molar-refractivity contribution in [1.29, 1.82) is 0 Å². The standard InChI is InChI=1S/C26H32F3NO5/c1-4-5-6-7-20(31)19-12-13-21(22(23(19)32)26(27,28)29)34-16-18-10-8-17(9-11-18)14-15-25(2,3)35-24(30)33/h8-13,32H,4-7,14-16H2,1-3H3,(H2,30,33). The smallest absolute Gasteiger partial charge is 0.423 e. The lowest BCUT2D eigenvalue weighted by Gasteiger charge is -2.23. The Kier molecular flexibility index (Phi) is 9.56. The lowest BCUT2D eigenvalue weighted by Crippen LogP contribution is -2.31. The second-order valence-electron chi connectivity index (χ2n) is 9.00. The van der Waals surface area contributed by atoms with Gasteiger partial charge in [0.1, 0.15) is 29.3 Å². The van der Waals surface area contributed by atoms with Crippen LogP contribution in [0.5, 0.6) is 11.5 Å². The van der Waals surface area contributed by atoms with Crippen LogP contribution < -0.4 is 10.5 Å². The predicted molar refractivity (Wildman–Crippen MR) is 125 cm³/mol. The van der Waals surface area contributed by atoms with Gasteiger partial charge < -0.3 is 20.3 Å². The third-order valence-corrected chi connectivity index (χ3v) is 5.54. The van der Waals surface area contributed by atoms with E-state index in [0.29, 0.717) is 24.8 Å². The molecule has 0 aromatic heterocycles. The maximum absolute atomic E-state index is 13.7. The van der Waals surface area contributed by atoms with Crippen molar-refractivity contribution in [3.8, 4) is 11.5 Å². The number of ketones is 1. The number of unbranched alkanes of at least 4 members (excludes halogenated alkanes) is 2. The maximum Gasteiger partial charge on any atom is 0.423 e. The average molecular weight is 496 g/mol. The third kappa shape index (κ3) is 8.49. The van der Waals surface area contributed by atoms with Crippen LogP contribution in [-0.4, -0.2) is 22.6 Å². The normalized spacial score (nSPS) is 11.8. The van der Waals surface area contributed by atoms with Gasteiger partial charge in [0, 0.05) is 6.42 Å². The zero-order chi connectivity index (χ0) is 26.2. The van der Waals surface area contributed by atoms with Crippen molar-refractivity contribution in [1.82, 2.24) is 0 Å². The molecule has 0 radical (unpaired) electrons. The summed E-state index contributed by atoms with van der Waals surface area (Å²) in [4.78, 5) is 23.3. The van der Waals surface area contributed by atoms with Crippen molar-refractivity contribution in [3.63, 3.8) is 0 Å². The molecule has 2 rings (SSSR count). The van der Waals surface area contributed by atoms with Crippen LogP contribution in [0.2, 0.25) is 0 Å². The monoisotopic (exact) mass is 495 g/mol. The number of aryl methyl sites for hydroxylation is 1. The number of primary amides is 1. The van der Waals surface area contributed by atoms with Crippen molar-refractivity contribution in [2.45, 2.75) is 77.7 Å². The van der Waals surface area contributed by atoms with Gasteiger partial charge in [-0.05, 0) is 56.4 Å². The lowest BCUT2D eigenvalue weighted by molar-refractivity contribution is -0.140. The van der Waals surface area contributed by atoms with E-state index in [2.05, 4.69) is 0 Å². The van der Waals surface area contributed by atoms with E-state index in [0.717, 1.165) is 24.5 Å². The molecule has 0 unspecified atom stereocenters. The first-order valence-electron chi connectivity index (χ1n) is 11.5. The number of halogens is 3. The van der Waals surface area contributed by atoms with Crippen molar-refractivity contribution in [3.05, 3.63) is 58.7 Å². The summed E-state index contributed by atoms with van der Waals surface area (Å²) < 4.78 is 51.6. The molecule has 192 valence electrons. The maximum atomic E-state index is 13.7. The molecule has 0 heterocycles. The van der Waals surface area contributed by atoms with Gasteiger partial charge in [0.2, 0.25) is 0 Å². The van der Waals surface area contributed by atoms with E-state index in [1.54, 1.807) is 38.1 Å². The first kappa shape index (κ1) is 28.0. The summed E-state index contributed by atoms with van der Waals surface area (Å²) >= 11 is 0. The lowest BCUT2D eigenvalue weighted by atomic mass is 9.98. The van der Waals surface area contributed by atoms with Gasteiger partial charge in [-0.2, -0.15) is 13.2 Å². The Hall–Kier alpha value is -3.23. The van der Waals surface area contributed by atoms with Crippen molar-refractivity contribution < 1.29 is 37.3 Å². The molecular weight excluding hydrogens is 463 g/mol. The molecular formula is C26H32F3NO5. The van der Waals surface area contributed by atoms with E-state index in [-0.39, 0.29) is 18.6 Å². The average Bonchev–Trinajstić information content (AvgIpc) is 2.75. The zero-order valence-corrected chi connectivity index (χ0v) is 20.2. The Morgan fingerprint density at radius 1 is 1.00 bits per heavy atom. The molecule has 0 saturated heterocycles. The number of ether oxygens (including phenoxy) is 2.